The molecule has 0 aromatic heterocycles. The van der Waals surface area contributed by atoms with E-state index >= 15 is 0 Å². The molecule has 0 unspecified atom stereocenters. The first kappa shape index (κ1) is 9.68. The molecule has 0 radical (unpaired) electrons. The van der Waals surface area contributed by atoms with Crippen LogP contribution in [0.4, 0.5) is 0 Å². The summed E-state index contributed by atoms with van der Waals surface area (Å²) >= 11 is 5.82. The summed E-state index contributed by atoms with van der Waals surface area (Å²) in [6, 6.07) is 4.99. The Balaban J connectivity index is 3.22. The highest BCUT2D eigenvalue weighted by Gasteiger charge is 2.01. The molecule has 0 aliphatic rings. The summed E-state index contributed by atoms with van der Waals surface area (Å²) in [7, 11) is 0. The molecule has 2 nitrogen and oxygen atoms in total. The Labute approximate surface area is 80.8 Å². The summed E-state index contributed by atoms with van der Waals surface area (Å²) in [6.07, 6.45) is 4.15. The van der Waals surface area contributed by atoms with E-state index in [-0.39, 0.29) is 0 Å². The average molecular weight is 195 g/mol. The van der Waals surface area contributed by atoms with E-state index in [0.29, 0.717) is 28.7 Å². The molecule has 0 bridgehead atoms. The first-order chi connectivity index (χ1) is 6.29. The molecule has 1 aromatic carbocycles. The molecule has 66 valence electrons. The number of hydrogen-bond acceptors (Lipinski definition) is 2. The zero-order valence-corrected chi connectivity index (χ0v) is 7.49. The van der Waals surface area contributed by atoms with Crippen LogP contribution in [0.3, 0.4) is 0 Å². The van der Waals surface area contributed by atoms with Crippen molar-refractivity contribution in [2.45, 2.75) is 0 Å². The zero-order chi connectivity index (χ0) is 9.68. The fourth-order valence-electron chi connectivity index (χ4n) is 0.968. The number of rotatable bonds is 3. The van der Waals surface area contributed by atoms with E-state index in [4.69, 9.17) is 11.6 Å². The first-order valence-electron chi connectivity index (χ1n) is 3.65. The van der Waals surface area contributed by atoms with Gasteiger partial charge in [0.1, 0.15) is 6.29 Å². The van der Waals surface area contributed by atoms with Crippen molar-refractivity contribution in [3.63, 3.8) is 0 Å². The average Bonchev–Trinajstić information content (AvgIpc) is 2.15. The normalized spacial score (nSPS) is 10.2. The van der Waals surface area contributed by atoms with Crippen molar-refractivity contribution < 1.29 is 9.59 Å². The molecule has 0 fully saturated rings. The van der Waals surface area contributed by atoms with Crippen LogP contribution >= 0.6 is 11.6 Å². The van der Waals surface area contributed by atoms with Gasteiger partial charge in [0, 0.05) is 16.1 Å². The van der Waals surface area contributed by atoms with Crippen molar-refractivity contribution in [1.29, 1.82) is 0 Å². The highest BCUT2D eigenvalue weighted by molar-refractivity contribution is 6.32. The maximum absolute atomic E-state index is 10.6. The molecule has 0 aliphatic heterocycles. The molecule has 1 aromatic rings. The van der Waals surface area contributed by atoms with Crippen molar-refractivity contribution in [3.8, 4) is 0 Å². The van der Waals surface area contributed by atoms with E-state index in [1.54, 1.807) is 18.2 Å². The second-order valence-corrected chi connectivity index (χ2v) is 2.76. The quantitative estimate of drug-likeness (QED) is 0.547. The molecule has 0 amide bonds. The monoisotopic (exact) mass is 194 g/mol. The Bertz CT molecular complexity index is 356. The van der Waals surface area contributed by atoms with Crippen LogP contribution in [0.25, 0.3) is 6.08 Å². The largest absolute Gasteiger partial charge is 0.299 e. The molecule has 3 heteroatoms. The van der Waals surface area contributed by atoms with Gasteiger partial charge >= 0.3 is 0 Å². The van der Waals surface area contributed by atoms with E-state index in [2.05, 4.69) is 0 Å². The van der Waals surface area contributed by atoms with E-state index in [9.17, 15) is 9.59 Å². The van der Waals surface area contributed by atoms with Gasteiger partial charge in [-0.15, -0.1) is 0 Å². The van der Waals surface area contributed by atoms with Gasteiger partial charge in [-0.25, -0.2) is 0 Å². The van der Waals surface area contributed by atoms with Gasteiger partial charge in [-0.2, -0.15) is 0 Å². The minimum Gasteiger partial charge on any atom is -0.299 e. The third-order valence-corrected chi connectivity index (χ3v) is 1.88. The van der Waals surface area contributed by atoms with Gasteiger partial charge in [-0.1, -0.05) is 23.7 Å². The van der Waals surface area contributed by atoms with Gasteiger partial charge in [0.2, 0.25) is 0 Å². The summed E-state index contributed by atoms with van der Waals surface area (Å²) in [5.41, 5.74) is 1.05. The van der Waals surface area contributed by atoms with Gasteiger partial charge < -0.3 is 0 Å². The summed E-state index contributed by atoms with van der Waals surface area (Å²) in [5.74, 6) is 0. The fourth-order valence-corrected chi connectivity index (χ4v) is 1.21. The molecule has 13 heavy (non-hydrogen) atoms. The predicted octanol–water partition coefficient (Wildman–Crippen LogP) is 2.36. The summed E-state index contributed by atoms with van der Waals surface area (Å²) in [4.78, 5) is 20.6. The molecule has 0 spiro atoms. The Morgan fingerprint density at radius 1 is 1.23 bits per heavy atom. The lowest BCUT2D eigenvalue weighted by molar-refractivity contribution is -0.104. The number of halogens is 1. The molecule has 0 saturated heterocycles. The van der Waals surface area contributed by atoms with E-state index in [0.717, 1.165) is 0 Å². The summed E-state index contributed by atoms with van der Waals surface area (Å²) < 4.78 is 0. The third-order valence-electron chi connectivity index (χ3n) is 1.56. The number of hydrogen-bond donors (Lipinski definition) is 0. The molecular formula is C10H7ClO2. The minimum atomic E-state index is 0.461. The van der Waals surface area contributed by atoms with Crippen LogP contribution in [0.5, 0.6) is 0 Å². The van der Waals surface area contributed by atoms with Crippen molar-refractivity contribution in [2.75, 3.05) is 0 Å². The van der Waals surface area contributed by atoms with Crippen molar-refractivity contribution in [2.24, 2.45) is 0 Å². The van der Waals surface area contributed by atoms with Crippen LogP contribution in [-0.2, 0) is 4.79 Å². The number of carbonyl (C=O) groups excluding carboxylic acids is 2. The van der Waals surface area contributed by atoms with E-state index in [1.807, 2.05) is 0 Å². The van der Waals surface area contributed by atoms with Crippen molar-refractivity contribution >= 4 is 30.2 Å². The Morgan fingerprint density at radius 2 is 2.00 bits per heavy atom. The smallest absolute Gasteiger partial charge is 0.150 e. The second-order valence-electron chi connectivity index (χ2n) is 2.36. The molecule has 0 atom stereocenters. The zero-order valence-electron chi connectivity index (χ0n) is 6.74. The number of aldehydes is 2. The van der Waals surface area contributed by atoms with Gasteiger partial charge in [0.15, 0.2) is 6.29 Å². The minimum absolute atomic E-state index is 0.461. The van der Waals surface area contributed by atoms with Gasteiger partial charge in [-0.3, -0.25) is 9.59 Å². The first-order valence-corrected chi connectivity index (χ1v) is 4.03. The molecule has 1 rings (SSSR count). The van der Waals surface area contributed by atoms with Crippen LogP contribution in [0.2, 0.25) is 5.02 Å². The number of allylic oxidation sites excluding steroid dienone is 1. The van der Waals surface area contributed by atoms with Gasteiger partial charge in [-0.05, 0) is 18.2 Å². The topological polar surface area (TPSA) is 34.1 Å². The number of carbonyl (C=O) groups is 2. The van der Waals surface area contributed by atoms with Crippen molar-refractivity contribution in [1.82, 2.24) is 0 Å². The van der Waals surface area contributed by atoms with Crippen molar-refractivity contribution in [3.05, 3.63) is 40.4 Å². The van der Waals surface area contributed by atoms with Crippen LogP contribution in [0.15, 0.2) is 24.3 Å². The Kier molecular flexibility index (Phi) is 3.41. The SMILES string of the molecule is O=CC=Cc1c(Cl)cccc1C=O. The predicted molar refractivity (Wildman–Crippen MR) is 51.9 cm³/mol. The van der Waals surface area contributed by atoms with Crippen LogP contribution in [-0.4, -0.2) is 12.6 Å². The Hall–Kier alpha value is -1.41. The van der Waals surface area contributed by atoms with E-state index in [1.165, 1.54) is 12.2 Å². The summed E-state index contributed by atoms with van der Waals surface area (Å²) in [6.45, 7) is 0. The van der Waals surface area contributed by atoms with Gasteiger partial charge in [0.25, 0.3) is 0 Å². The highest BCUT2D eigenvalue weighted by atomic mass is 35.5. The third kappa shape index (κ3) is 2.26. The standard InChI is InChI=1S/C10H7ClO2/c11-10-5-1-3-8(7-13)9(10)4-2-6-12/h1-7H. The van der Waals surface area contributed by atoms with Crippen LogP contribution < -0.4 is 0 Å². The molecule has 0 N–H and O–H groups in total. The van der Waals surface area contributed by atoms with Crippen LogP contribution in [0, 0.1) is 0 Å². The summed E-state index contributed by atoms with van der Waals surface area (Å²) in [5, 5.41) is 0.461. The maximum Gasteiger partial charge on any atom is 0.150 e. The molecule has 0 saturated carbocycles. The fraction of sp³-hybridized carbons (Fsp3) is 0. The maximum atomic E-state index is 10.6. The Morgan fingerprint density at radius 3 is 2.62 bits per heavy atom. The van der Waals surface area contributed by atoms with Gasteiger partial charge in [0.05, 0.1) is 0 Å². The van der Waals surface area contributed by atoms with E-state index < -0.39 is 0 Å². The molecular weight excluding hydrogens is 188 g/mol. The second kappa shape index (κ2) is 4.58. The lowest BCUT2D eigenvalue weighted by Crippen LogP contribution is -1.86. The highest BCUT2D eigenvalue weighted by Crippen LogP contribution is 2.20. The lowest BCUT2D eigenvalue weighted by atomic mass is 10.1. The molecule has 0 aliphatic carbocycles. The molecule has 0 heterocycles. The van der Waals surface area contributed by atoms with Crippen LogP contribution in [0.1, 0.15) is 15.9 Å². The number of benzene rings is 1. The lowest BCUT2D eigenvalue weighted by Gasteiger charge is -1.99.